The van der Waals surface area contributed by atoms with E-state index in [-0.39, 0.29) is 6.03 Å². The quantitative estimate of drug-likeness (QED) is 0.663. The molecule has 1 fully saturated rings. The van der Waals surface area contributed by atoms with Crippen LogP contribution in [0.25, 0.3) is 0 Å². The second-order valence-corrected chi connectivity index (χ2v) is 4.85. The fraction of sp³-hybridized carbons (Fsp3) is 0.538. The molecule has 1 aliphatic heterocycles. The summed E-state index contributed by atoms with van der Waals surface area (Å²) in [6.45, 7) is 1.99. The second kappa shape index (κ2) is 3.58. The lowest BCUT2D eigenvalue weighted by atomic mass is 9.95. The first-order chi connectivity index (χ1) is 7.77. The Labute approximate surface area is 95.4 Å². The number of hydrogen-bond donors (Lipinski definition) is 0. The van der Waals surface area contributed by atoms with E-state index >= 15 is 0 Å². The van der Waals surface area contributed by atoms with Gasteiger partial charge < -0.3 is 0 Å². The minimum atomic E-state index is 0.143. The molecule has 0 bridgehead atoms. The third-order valence-electron chi connectivity index (χ3n) is 3.76. The molecule has 16 heavy (non-hydrogen) atoms. The van der Waals surface area contributed by atoms with Crippen molar-refractivity contribution in [1.82, 2.24) is 4.57 Å². The molecule has 3 heteroatoms. The molecule has 0 spiro atoms. The summed E-state index contributed by atoms with van der Waals surface area (Å²) in [6.07, 6.45) is 8.18. The van der Waals surface area contributed by atoms with Gasteiger partial charge in [-0.3, -0.25) is 0 Å². The second-order valence-electron chi connectivity index (χ2n) is 4.85. The van der Waals surface area contributed by atoms with Crippen LogP contribution >= 0.6 is 0 Å². The number of hydrogen-bond acceptors (Lipinski definition) is 1. The molecule has 0 saturated heterocycles. The van der Waals surface area contributed by atoms with Crippen molar-refractivity contribution in [2.75, 3.05) is 0 Å². The molecule has 3 rings (SSSR count). The van der Waals surface area contributed by atoms with Gasteiger partial charge in [-0.2, -0.15) is 13.9 Å². The highest BCUT2D eigenvalue weighted by Gasteiger charge is 2.36. The molecule has 1 aliphatic carbocycles. The third kappa shape index (κ3) is 1.34. The molecule has 1 aromatic heterocycles. The maximum absolute atomic E-state index is 12.2. The van der Waals surface area contributed by atoms with Crippen molar-refractivity contribution in [1.29, 1.82) is 0 Å². The van der Waals surface area contributed by atoms with Crippen molar-refractivity contribution >= 4 is 12.2 Å². The number of amides is 1. The van der Waals surface area contributed by atoms with Gasteiger partial charge in [-0.25, -0.2) is 0 Å². The molecule has 1 saturated carbocycles. The summed E-state index contributed by atoms with van der Waals surface area (Å²) in [5.41, 5.74) is 2.07. The van der Waals surface area contributed by atoms with E-state index in [1.165, 1.54) is 19.3 Å². The third-order valence-corrected chi connectivity index (χ3v) is 3.76. The molecule has 2 heterocycles. The molecule has 0 unspecified atom stereocenters. The van der Waals surface area contributed by atoms with Crippen LogP contribution in [0.5, 0.6) is 0 Å². The molecule has 84 valence electrons. The van der Waals surface area contributed by atoms with E-state index in [9.17, 15) is 4.79 Å². The van der Waals surface area contributed by atoms with E-state index in [1.807, 2.05) is 34.4 Å². The molecule has 2 aliphatic rings. The Morgan fingerprint density at radius 1 is 1.25 bits per heavy atom. The van der Waals surface area contributed by atoms with Gasteiger partial charge in [0, 0.05) is 0 Å². The molecule has 0 radical (unpaired) electrons. The van der Waals surface area contributed by atoms with Gasteiger partial charge in [0.05, 0.1) is 0 Å². The molecular weight excluding hydrogens is 200 g/mol. The Hall–Kier alpha value is -1.38. The lowest BCUT2D eigenvalue weighted by Gasteiger charge is -2.19. The normalized spacial score (nSPS) is 21.1. The average Bonchev–Trinajstić information content (AvgIpc) is 2.83. The predicted molar refractivity (Wildman–Crippen MR) is 62.3 cm³/mol. The molecule has 1 aromatic rings. The maximum Gasteiger partial charge on any atom is 0.503 e. The van der Waals surface area contributed by atoms with E-state index in [4.69, 9.17) is 0 Å². The van der Waals surface area contributed by atoms with E-state index in [0.717, 1.165) is 24.2 Å². The largest absolute Gasteiger partial charge is 0.503 e. The summed E-state index contributed by atoms with van der Waals surface area (Å²) >= 11 is 0. The van der Waals surface area contributed by atoms with Crippen LogP contribution in [0, 0.1) is 6.92 Å². The SMILES string of the molecule is Cc1ccc2n1C(=O)[N+](C1CCCCC1)=C2. The Kier molecular flexibility index (Phi) is 2.20. The highest BCUT2D eigenvalue weighted by Crippen LogP contribution is 2.23. The van der Waals surface area contributed by atoms with Crippen molar-refractivity contribution in [3.63, 3.8) is 0 Å². The summed E-state index contributed by atoms with van der Waals surface area (Å²) in [5, 5.41) is 0. The summed E-state index contributed by atoms with van der Waals surface area (Å²) < 4.78 is 3.76. The summed E-state index contributed by atoms with van der Waals surface area (Å²) in [7, 11) is 0. The Morgan fingerprint density at radius 3 is 2.69 bits per heavy atom. The van der Waals surface area contributed by atoms with Gasteiger partial charge in [-0.05, 0) is 44.7 Å². The standard InChI is InChI=1S/C13H17N2O/c1-10-7-8-12-9-14(13(16)15(10)12)11-5-3-2-4-6-11/h7-9,11H,2-6H2,1H3/q+1. The molecular formula is C13H17N2O+. The lowest BCUT2D eigenvalue weighted by Crippen LogP contribution is -2.33. The molecule has 0 aromatic carbocycles. The average molecular weight is 217 g/mol. The summed E-state index contributed by atoms with van der Waals surface area (Å²) in [6, 6.07) is 4.60. The first-order valence-electron chi connectivity index (χ1n) is 6.13. The predicted octanol–water partition coefficient (Wildman–Crippen LogP) is 2.54. The van der Waals surface area contributed by atoms with Gasteiger partial charge in [0.25, 0.3) is 0 Å². The van der Waals surface area contributed by atoms with Gasteiger partial charge in [0.1, 0.15) is 18.0 Å². The number of carbonyl (C=O) groups is 1. The fourth-order valence-electron chi connectivity index (χ4n) is 2.85. The number of aryl methyl sites for hydroxylation is 1. The van der Waals surface area contributed by atoms with Crippen LogP contribution in [0.1, 0.15) is 43.5 Å². The first kappa shape index (κ1) is 9.82. The molecule has 0 N–H and O–H groups in total. The summed E-state index contributed by atoms with van der Waals surface area (Å²) in [5.74, 6) is 0. The monoisotopic (exact) mass is 217 g/mol. The van der Waals surface area contributed by atoms with Crippen LogP contribution in [0.3, 0.4) is 0 Å². The first-order valence-corrected chi connectivity index (χ1v) is 6.13. The zero-order valence-electron chi connectivity index (χ0n) is 9.65. The van der Waals surface area contributed by atoms with Gasteiger partial charge in [0.15, 0.2) is 5.69 Å². The number of fused-ring (bicyclic) bond motifs is 1. The fourth-order valence-corrected chi connectivity index (χ4v) is 2.85. The van der Waals surface area contributed by atoms with Crippen LogP contribution in [0.4, 0.5) is 4.79 Å². The molecule has 1 amide bonds. The van der Waals surface area contributed by atoms with Crippen LogP contribution in [0.2, 0.25) is 0 Å². The number of rotatable bonds is 1. The number of nitrogens with zero attached hydrogens (tertiary/aromatic N) is 2. The van der Waals surface area contributed by atoms with Crippen molar-refractivity contribution in [2.45, 2.75) is 45.1 Å². The van der Waals surface area contributed by atoms with Crippen molar-refractivity contribution < 1.29 is 9.37 Å². The van der Waals surface area contributed by atoms with E-state index in [1.54, 1.807) is 0 Å². The highest BCUT2D eigenvalue weighted by molar-refractivity contribution is 5.91. The Balaban J connectivity index is 1.92. The van der Waals surface area contributed by atoms with E-state index in [2.05, 4.69) is 0 Å². The minimum absolute atomic E-state index is 0.143. The number of carbonyl (C=O) groups excluding carboxylic acids is 1. The van der Waals surface area contributed by atoms with Gasteiger partial charge in [-0.15, -0.1) is 0 Å². The lowest BCUT2D eigenvalue weighted by molar-refractivity contribution is -0.468. The van der Waals surface area contributed by atoms with Gasteiger partial charge in [-0.1, -0.05) is 6.42 Å². The van der Waals surface area contributed by atoms with Gasteiger partial charge in [0.2, 0.25) is 0 Å². The Morgan fingerprint density at radius 2 is 2.00 bits per heavy atom. The highest BCUT2D eigenvalue weighted by atomic mass is 16.2. The summed E-state index contributed by atoms with van der Waals surface area (Å²) in [4.78, 5) is 12.2. The van der Waals surface area contributed by atoms with Crippen LogP contribution in [-0.4, -0.2) is 27.4 Å². The molecule has 0 atom stereocenters. The van der Waals surface area contributed by atoms with Crippen LogP contribution in [-0.2, 0) is 0 Å². The minimum Gasteiger partial charge on any atom is -0.196 e. The van der Waals surface area contributed by atoms with E-state index in [0.29, 0.717) is 6.04 Å². The zero-order chi connectivity index (χ0) is 11.1. The topological polar surface area (TPSA) is 25.0 Å². The van der Waals surface area contributed by atoms with Crippen LogP contribution < -0.4 is 0 Å². The van der Waals surface area contributed by atoms with Gasteiger partial charge >= 0.3 is 6.03 Å². The Bertz CT molecular complexity index is 464. The number of aromatic nitrogens is 1. The maximum atomic E-state index is 12.2. The molecule has 3 nitrogen and oxygen atoms in total. The smallest absolute Gasteiger partial charge is 0.196 e. The van der Waals surface area contributed by atoms with Crippen LogP contribution in [0.15, 0.2) is 12.1 Å². The zero-order valence-corrected chi connectivity index (χ0v) is 9.65. The van der Waals surface area contributed by atoms with Crippen molar-refractivity contribution in [2.24, 2.45) is 0 Å². The van der Waals surface area contributed by atoms with Crippen molar-refractivity contribution in [3.8, 4) is 0 Å². The van der Waals surface area contributed by atoms with E-state index < -0.39 is 0 Å². The van der Waals surface area contributed by atoms with Crippen molar-refractivity contribution in [3.05, 3.63) is 23.5 Å².